The van der Waals surface area contributed by atoms with E-state index in [1.54, 1.807) is 12.1 Å². The van der Waals surface area contributed by atoms with Crippen molar-refractivity contribution < 1.29 is 9.59 Å². The van der Waals surface area contributed by atoms with E-state index < -0.39 is 0 Å². The van der Waals surface area contributed by atoms with Crippen LogP contribution in [0.2, 0.25) is 20.1 Å². The lowest BCUT2D eigenvalue weighted by molar-refractivity contribution is -0.116. The molecular weight excluding hydrogens is 432 g/mol. The first-order chi connectivity index (χ1) is 12.7. The summed E-state index contributed by atoms with van der Waals surface area (Å²) in [6, 6.07) is 8.18. The predicted octanol–water partition coefficient (Wildman–Crippen LogP) is 5.71. The van der Waals surface area contributed by atoms with Crippen LogP contribution in [-0.2, 0) is 9.59 Å². The van der Waals surface area contributed by atoms with Gasteiger partial charge in [0.2, 0.25) is 5.91 Å². The second kappa shape index (κ2) is 7.68. The minimum absolute atomic E-state index is 0.112. The fraction of sp³-hybridized carbons (Fsp3) is 0.167. The van der Waals surface area contributed by atoms with Crippen LogP contribution in [0.1, 0.15) is 18.9 Å². The fourth-order valence-electron chi connectivity index (χ4n) is 2.74. The average molecular weight is 445 g/mol. The zero-order chi connectivity index (χ0) is 19.9. The first kappa shape index (κ1) is 20.0. The Morgan fingerprint density at radius 3 is 2.26 bits per heavy atom. The number of amides is 2. The van der Waals surface area contributed by atoms with Crippen molar-refractivity contribution in [2.75, 3.05) is 9.91 Å². The fourth-order valence-corrected chi connectivity index (χ4v) is 4.03. The second-order valence-electron chi connectivity index (χ2n) is 5.93. The summed E-state index contributed by atoms with van der Waals surface area (Å²) in [5, 5.41) is 6.42. The number of hydrazone groups is 1. The van der Waals surface area contributed by atoms with Crippen LogP contribution in [0.4, 0.5) is 11.4 Å². The number of nitrogens with zero attached hydrogens (tertiary/aromatic N) is 3. The largest absolute Gasteiger partial charge is 0.274 e. The lowest BCUT2D eigenvalue weighted by Gasteiger charge is -2.21. The molecule has 0 fully saturated rings. The van der Waals surface area contributed by atoms with E-state index >= 15 is 0 Å². The number of carbonyl (C=O) groups is 2. The number of hydrogen-bond donors (Lipinski definition) is 0. The van der Waals surface area contributed by atoms with Gasteiger partial charge >= 0.3 is 0 Å². The highest BCUT2D eigenvalue weighted by molar-refractivity contribution is 6.43. The molecule has 2 aromatic carbocycles. The summed E-state index contributed by atoms with van der Waals surface area (Å²) < 4.78 is 0. The molecular formula is C18H13Cl4N3O2. The van der Waals surface area contributed by atoms with Gasteiger partial charge in [0, 0.05) is 11.9 Å². The molecule has 140 valence electrons. The molecule has 2 aromatic rings. The molecule has 0 atom stereocenters. The standard InChI is InChI=1S/C18H13Cl4N3O2/c1-9-3-4-15(12(20)5-9)24(10(2)26)16-8-17(27)25(23-16)18-13(21)6-11(19)7-14(18)22/h3-7H,8H2,1-2H3. The first-order valence-electron chi connectivity index (χ1n) is 7.81. The van der Waals surface area contributed by atoms with Crippen molar-refractivity contribution in [3.05, 3.63) is 56.0 Å². The van der Waals surface area contributed by atoms with Crippen LogP contribution >= 0.6 is 46.4 Å². The second-order valence-corrected chi connectivity index (χ2v) is 7.58. The van der Waals surface area contributed by atoms with Gasteiger partial charge in [-0.3, -0.25) is 14.5 Å². The Bertz CT molecular complexity index is 968. The number of carbonyl (C=O) groups excluding carboxylic acids is 2. The third-order valence-electron chi connectivity index (χ3n) is 3.87. The van der Waals surface area contributed by atoms with Gasteiger partial charge in [0.15, 0.2) is 0 Å². The molecule has 2 amide bonds. The Kier molecular flexibility index (Phi) is 5.68. The zero-order valence-electron chi connectivity index (χ0n) is 14.3. The maximum atomic E-state index is 12.6. The van der Waals surface area contributed by atoms with E-state index in [0.29, 0.717) is 15.7 Å². The molecule has 0 bridgehead atoms. The summed E-state index contributed by atoms with van der Waals surface area (Å²) in [7, 11) is 0. The summed E-state index contributed by atoms with van der Waals surface area (Å²) in [5.41, 5.74) is 1.59. The van der Waals surface area contributed by atoms with E-state index in [1.165, 1.54) is 24.0 Å². The van der Waals surface area contributed by atoms with Gasteiger partial charge in [-0.1, -0.05) is 52.5 Å². The van der Waals surface area contributed by atoms with Crippen LogP contribution < -0.4 is 9.91 Å². The van der Waals surface area contributed by atoms with Gasteiger partial charge in [0.05, 0.1) is 27.2 Å². The maximum absolute atomic E-state index is 12.6. The van der Waals surface area contributed by atoms with Crippen LogP contribution in [0, 0.1) is 6.92 Å². The Balaban J connectivity index is 2.07. The van der Waals surface area contributed by atoms with E-state index in [-0.39, 0.29) is 39.8 Å². The predicted molar refractivity (Wildman–Crippen MR) is 110 cm³/mol. The minimum Gasteiger partial charge on any atom is -0.274 e. The molecule has 0 spiro atoms. The summed E-state index contributed by atoms with van der Waals surface area (Å²) in [5.74, 6) is -0.492. The van der Waals surface area contributed by atoms with Gasteiger partial charge in [-0.15, -0.1) is 0 Å². The SMILES string of the molecule is CC(=O)N(C1=NN(c2c(Cl)cc(Cl)cc2Cl)C(=O)C1)c1ccc(C)cc1Cl. The van der Waals surface area contributed by atoms with Crippen LogP contribution in [0.5, 0.6) is 0 Å². The number of amidine groups is 1. The molecule has 0 saturated carbocycles. The van der Waals surface area contributed by atoms with Gasteiger partial charge in [0.25, 0.3) is 5.91 Å². The van der Waals surface area contributed by atoms with Crippen LogP contribution in [0.25, 0.3) is 0 Å². The van der Waals surface area contributed by atoms with Crippen molar-refractivity contribution in [1.82, 2.24) is 0 Å². The third kappa shape index (κ3) is 3.92. The first-order valence-corrected chi connectivity index (χ1v) is 9.32. The third-order valence-corrected chi connectivity index (χ3v) is 4.97. The molecule has 3 rings (SSSR count). The van der Waals surface area contributed by atoms with Gasteiger partial charge in [0.1, 0.15) is 11.5 Å². The molecule has 0 unspecified atom stereocenters. The molecule has 0 N–H and O–H groups in total. The topological polar surface area (TPSA) is 53.0 Å². The van der Waals surface area contributed by atoms with Gasteiger partial charge in [-0.2, -0.15) is 10.1 Å². The summed E-state index contributed by atoms with van der Waals surface area (Å²) in [4.78, 5) is 26.1. The van der Waals surface area contributed by atoms with Gasteiger partial charge in [-0.25, -0.2) is 0 Å². The van der Waals surface area contributed by atoms with E-state index in [0.717, 1.165) is 10.6 Å². The summed E-state index contributed by atoms with van der Waals surface area (Å²) in [6.45, 7) is 3.25. The molecule has 1 heterocycles. The molecule has 0 aromatic heterocycles. The molecule has 27 heavy (non-hydrogen) atoms. The lowest BCUT2D eigenvalue weighted by Crippen LogP contribution is -2.34. The minimum atomic E-state index is -0.384. The van der Waals surface area contributed by atoms with Crippen molar-refractivity contribution in [3.8, 4) is 0 Å². The summed E-state index contributed by atoms with van der Waals surface area (Å²) >= 11 is 24.6. The Morgan fingerprint density at radius 1 is 1.07 bits per heavy atom. The Hall–Kier alpha value is -1.79. The maximum Gasteiger partial charge on any atom is 0.255 e. The molecule has 0 aliphatic carbocycles. The summed E-state index contributed by atoms with van der Waals surface area (Å²) in [6.07, 6.45) is -0.112. The average Bonchev–Trinajstić information content (AvgIpc) is 2.90. The number of aryl methyl sites for hydroxylation is 1. The Labute approximate surface area is 176 Å². The number of halogens is 4. The molecule has 1 aliphatic rings. The number of benzene rings is 2. The zero-order valence-corrected chi connectivity index (χ0v) is 17.3. The van der Waals surface area contributed by atoms with Crippen molar-refractivity contribution in [3.63, 3.8) is 0 Å². The van der Waals surface area contributed by atoms with Crippen LogP contribution in [0.15, 0.2) is 35.4 Å². The smallest absolute Gasteiger partial charge is 0.255 e. The highest BCUT2D eigenvalue weighted by atomic mass is 35.5. The number of hydrogen-bond acceptors (Lipinski definition) is 3. The van der Waals surface area contributed by atoms with E-state index in [1.807, 2.05) is 13.0 Å². The number of anilines is 2. The van der Waals surface area contributed by atoms with Crippen LogP contribution in [-0.4, -0.2) is 17.6 Å². The van der Waals surface area contributed by atoms with Gasteiger partial charge < -0.3 is 0 Å². The van der Waals surface area contributed by atoms with Crippen molar-refractivity contribution >= 4 is 75.4 Å². The normalized spacial score (nSPS) is 13.8. The van der Waals surface area contributed by atoms with Crippen LogP contribution in [0.3, 0.4) is 0 Å². The molecule has 0 saturated heterocycles. The van der Waals surface area contributed by atoms with E-state index in [2.05, 4.69) is 5.10 Å². The molecule has 9 heteroatoms. The highest BCUT2D eigenvalue weighted by Gasteiger charge is 2.34. The molecule has 0 radical (unpaired) electrons. The number of rotatable bonds is 2. The Morgan fingerprint density at radius 2 is 1.70 bits per heavy atom. The molecule has 1 aliphatic heterocycles. The van der Waals surface area contributed by atoms with Crippen molar-refractivity contribution in [2.45, 2.75) is 20.3 Å². The van der Waals surface area contributed by atoms with Crippen molar-refractivity contribution in [1.29, 1.82) is 0 Å². The van der Waals surface area contributed by atoms with Gasteiger partial charge in [-0.05, 0) is 36.8 Å². The van der Waals surface area contributed by atoms with E-state index in [9.17, 15) is 9.59 Å². The quantitative estimate of drug-likeness (QED) is 0.595. The van der Waals surface area contributed by atoms with E-state index in [4.69, 9.17) is 46.4 Å². The van der Waals surface area contributed by atoms with Crippen molar-refractivity contribution in [2.24, 2.45) is 5.10 Å². The molecule has 5 nitrogen and oxygen atoms in total. The lowest BCUT2D eigenvalue weighted by atomic mass is 10.2. The monoisotopic (exact) mass is 443 g/mol. The highest BCUT2D eigenvalue weighted by Crippen LogP contribution is 2.39.